The third-order valence-corrected chi connectivity index (χ3v) is 5.25. The quantitative estimate of drug-likeness (QED) is 0.922. The van der Waals surface area contributed by atoms with Gasteiger partial charge in [0.15, 0.2) is 0 Å². The first-order valence-corrected chi connectivity index (χ1v) is 7.97. The molecule has 2 atom stereocenters. The fourth-order valence-electron chi connectivity index (χ4n) is 2.25. The van der Waals surface area contributed by atoms with Crippen molar-refractivity contribution in [2.75, 3.05) is 13.1 Å². The van der Waals surface area contributed by atoms with Crippen LogP contribution in [0.2, 0.25) is 0 Å². The minimum Gasteiger partial charge on any atom is -0.311 e. The predicted molar refractivity (Wildman–Crippen MR) is 79.9 cm³/mol. The molecule has 114 valence electrons. The first-order valence-electron chi connectivity index (χ1n) is 6.36. The third-order valence-electron chi connectivity index (χ3n) is 3.33. The molecule has 4 nitrogen and oxygen atoms in total. The van der Waals surface area contributed by atoms with Crippen molar-refractivity contribution in [2.45, 2.75) is 31.7 Å². The Morgan fingerprint density at radius 2 is 1.90 bits per heavy atom. The molecule has 1 heterocycles. The number of nitrogens with one attached hydrogen (secondary N) is 1. The Hall–Kier alpha value is -0.690. The normalized spacial score (nSPS) is 24.1. The van der Waals surface area contributed by atoms with Crippen LogP contribution in [0.15, 0.2) is 24.3 Å². The zero-order chi connectivity index (χ0) is 14.0. The zero-order valence-electron chi connectivity index (χ0n) is 11.5. The van der Waals surface area contributed by atoms with Crippen molar-refractivity contribution in [3.8, 4) is 0 Å². The first-order chi connectivity index (χ1) is 8.88. The van der Waals surface area contributed by atoms with E-state index in [0.717, 1.165) is 0 Å². The molecule has 1 aliphatic rings. The fourth-order valence-corrected chi connectivity index (χ4v) is 4.10. The molecule has 1 fully saturated rings. The number of hydrogen-bond acceptors (Lipinski definition) is 3. The predicted octanol–water partition coefficient (Wildman–Crippen LogP) is 1.76. The summed E-state index contributed by atoms with van der Waals surface area (Å²) < 4.78 is 39.2. The molecule has 1 aliphatic heterocycles. The lowest BCUT2D eigenvalue weighted by Gasteiger charge is -2.36. The highest BCUT2D eigenvalue weighted by Gasteiger charge is 2.32. The summed E-state index contributed by atoms with van der Waals surface area (Å²) in [5.74, 6) is -0.435. The van der Waals surface area contributed by atoms with Crippen LogP contribution < -0.4 is 5.32 Å². The van der Waals surface area contributed by atoms with Crippen LogP contribution >= 0.6 is 12.4 Å². The highest BCUT2D eigenvalue weighted by atomic mass is 35.5. The summed E-state index contributed by atoms with van der Waals surface area (Å²) in [6, 6.07) is 5.70. The number of hydrogen-bond donors (Lipinski definition) is 1. The number of nitrogens with zero attached hydrogens (tertiary/aromatic N) is 1. The van der Waals surface area contributed by atoms with E-state index >= 15 is 0 Å². The van der Waals surface area contributed by atoms with Crippen molar-refractivity contribution in [2.24, 2.45) is 0 Å². The Bertz CT molecular complexity index is 536. The molecule has 0 aliphatic carbocycles. The van der Waals surface area contributed by atoms with Crippen LogP contribution in [-0.2, 0) is 15.8 Å². The second-order valence-corrected chi connectivity index (χ2v) is 7.03. The van der Waals surface area contributed by atoms with Crippen molar-refractivity contribution < 1.29 is 12.8 Å². The molecule has 0 spiro atoms. The highest BCUT2D eigenvalue weighted by Crippen LogP contribution is 2.17. The van der Waals surface area contributed by atoms with Gasteiger partial charge in [0, 0.05) is 25.2 Å². The van der Waals surface area contributed by atoms with Gasteiger partial charge in [-0.1, -0.05) is 12.1 Å². The summed E-state index contributed by atoms with van der Waals surface area (Å²) in [6.07, 6.45) is 0. The summed E-state index contributed by atoms with van der Waals surface area (Å²) in [6.45, 7) is 4.99. The maximum atomic E-state index is 12.8. The zero-order valence-corrected chi connectivity index (χ0v) is 13.2. The summed E-state index contributed by atoms with van der Waals surface area (Å²) in [5, 5.41) is 3.25. The Balaban J connectivity index is 0.00000200. The van der Waals surface area contributed by atoms with Crippen molar-refractivity contribution in [3.05, 3.63) is 35.6 Å². The van der Waals surface area contributed by atoms with E-state index in [1.807, 2.05) is 13.8 Å². The molecular formula is C13H20ClFN2O2S. The molecule has 0 saturated carbocycles. The Morgan fingerprint density at radius 1 is 1.30 bits per heavy atom. The minimum absolute atomic E-state index is 0. The van der Waals surface area contributed by atoms with Gasteiger partial charge >= 0.3 is 0 Å². The first kappa shape index (κ1) is 17.4. The summed E-state index contributed by atoms with van der Waals surface area (Å²) >= 11 is 0. The van der Waals surface area contributed by atoms with Gasteiger partial charge in [-0.2, -0.15) is 4.31 Å². The lowest BCUT2D eigenvalue weighted by atomic mass is 10.2. The van der Waals surface area contributed by atoms with Crippen LogP contribution in [0.25, 0.3) is 0 Å². The van der Waals surface area contributed by atoms with Crippen LogP contribution in [0.1, 0.15) is 19.4 Å². The van der Waals surface area contributed by atoms with Gasteiger partial charge in [0.05, 0.1) is 5.75 Å². The van der Waals surface area contributed by atoms with Gasteiger partial charge in [0.2, 0.25) is 10.0 Å². The van der Waals surface area contributed by atoms with Crippen molar-refractivity contribution >= 4 is 22.4 Å². The van der Waals surface area contributed by atoms with Gasteiger partial charge in [-0.3, -0.25) is 0 Å². The van der Waals surface area contributed by atoms with Crippen LogP contribution in [0.3, 0.4) is 0 Å². The molecule has 2 rings (SSSR count). The van der Waals surface area contributed by atoms with E-state index in [1.165, 1.54) is 28.6 Å². The molecule has 1 saturated heterocycles. The molecule has 1 aromatic rings. The Kier molecular flexibility index (Phi) is 5.94. The molecule has 0 bridgehead atoms. The average Bonchev–Trinajstić information content (AvgIpc) is 2.35. The smallest absolute Gasteiger partial charge is 0.218 e. The van der Waals surface area contributed by atoms with E-state index in [1.54, 1.807) is 0 Å². The number of halogens is 2. The van der Waals surface area contributed by atoms with Crippen molar-refractivity contribution in [1.82, 2.24) is 9.62 Å². The van der Waals surface area contributed by atoms with E-state index < -0.39 is 10.0 Å². The molecule has 2 unspecified atom stereocenters. The van der Waals surface area contributed by atoms with Gasteiger partial charge in [0.1, 0.15) is 5.82 Å². The number of benzene rings is 1. The molecule has 7 heteroatoms. The second kappa shape index (κ2) is 6.85. The van der Waals surface area contributed by atoms with Crippen LogP contribution in [0.5, 0.6) is 0 Å². The van der Waals surface area contributed by atoms with Gasteiger partial charge < -0.3 is 5.32 Å². The standard InChI is InChI=1S/C13H19FN2O2S.ClH/c1-10-8-16(11(2)7-15-10)19(17,18)9-12-3-5-13(14)6-4-12;/h3-6,10-11,15H,7-9H2,1-2H3;1H. The van der Waals surface area contributed by atoms with E-state index in [2.05, 4.69) is 5.32 Å². The second-order valence-electron chi connectivity index (χ2n) is 5.11. The van der Waals surface area contributed by atoms with Crippen LogP contribution in [-0.4, -0.2) is 37.9 Å². The van der Waals surface area contributed by atoms with Gasteiger partial charge in [-0.25, -0.2) is 12.8 Å². The summed E-state index contributed by atoms with van der Waals surface area (Å²) in [7, 11) is -3.36. The lowest BCUT2D eigenvalue weighted by Crippen LogP contribution is -2.56. The minimum atomic E-state index is -3.36. The maximum absolute atomic E-state index is 12.8. The molecular weight excluding hydrogens is 303 g/mol. The van der Waals surface area contributed by atoms with E-state index in [9.17, 15) is 12.8 Å². The summed E-state index contributed by atoms with van der Waals surface area (Å²) in [4.78, 5) is 0. The number of piperazine rings is 1. The SMILES string of the molecule is CC1CN(S(=O)(=O)Cc2ccc(F)cc2)C(C)CN1.Cl. The van der Waals surface area contributed by atoms with Crippen molar-refractivity contribution in [3.63, 3.8) is 0 Å². The molecule has 0 amide bonds. The topological polar surface area (TPSA) is 49.4 Å². The monoisotopic (exact) mass is 322 g/mol. The number of rotatable bonds is 3. The Morgan fingerprint density at radius 3 is 2.50 bits per heavy atom. The van der Waals surface area contributed by atoms with E-state index in [-0.39, 0.29) is 36.1 Å². The Labute approximate surface area is 125 Å². The largest absolute Gasteiger partial charge is 0.311 e. The van der Waals surface area contributed by atoms with E-state index in [0.29, 0.717) is 18.7 Å². The van der Waals surface area contributed by atoms with Crippen LogP contribution in [0, 0.1) is 5.82 Å². The molecule has 20 heavy (non-hydrogen) atoms. The molecule has 1 N–H and O–H groups in total. The summed E-state index contributed by atoms with van der Waals surface area (Å²) in [5.41, 5.74) is 0.611. The van der Waals surface area contributed by atoms with Gasteiger partial charge in [-0.05, 0) is 31.5 Å². The number of sulfonamides is 1. The third kappa shape index (κ3) is 4.15. The lowest BCUT2D eigenvalue weighted by molar-refractivity contribution is 0.244. The van der Waals surface area contributed by atoms with Crippen LogP contribution in [0.4, 0.5) is 4.39 Å². The molecule has 0 aromatic heterocycles. The molecule has 0 radical (unpaired) electrons. The van der Waals surface area contributed by atoms with Gasteiger partial charge in [0.25, 0.3) is 0 Å². The fraction of sp³-hybridized carbons (Fsp3) is 0.538. The van der Waals surface area contributed by atoms with Crippen molar-refractivity contribution in [1.29, 1.82) is 0 Å². The molecule has 1 aromatic carbocycles. The maximum Gasteiger partial charge on any atom is 0.218 e. The average molecular weight is 323 g/mol. The highest BCUT2D eigenvalue weighted by molar-refractivity contribution is 7.88. The van der Waals surface area contributed by atoms with Gasteiger partial charge in [-0.15, -0.1) is 12.4 Å². The van der Waals surface area contributed by atoms with E-state index in [4.69, 9.17) is 0 Å².